The number of halogens is 3. The summed E-state index contributed by atoms with van der Waals surface area (Å²) in [5.41, 5.74) is -0.636. The van der Waals surface area contributed by atoms with Crippen molar-refractivity contribution in [3.8, 4) is 0 Å². The van der Waals surface area contributed by atoms with E-state index >= 15 is 0 Å². The minimum atomic E-state index is -4.62. The highest BCUT2D eigenvalue weighted by Crippen LogP contribution is 2.34. The Labute approximate surface area is 116 Å². The number of carbonyl (C=O) groups excluding carboxylic acids is 1. The average Bonchev–Trinajstić information content (AvgIpc) is 2.24. The molecule has 0 saturated carbocycles. The second-order valence-corrected chi connectivity index (χ2v) is 6.34. The zero-order valence-corrected chi connectivity index (χ0v) is 12.2. The number of alkyl halides is 3. The van der Waals surface area contributed by atoms with Crippen molar-refractivity contribution in [3.63, 3.8) is 0 Å². The van der Waals surface area contributed by atoms with E-state index < -0.39 is 35.8 Å². The first-order valence-corrected chi connectivity index (χ1v) is 6.64. The predicted molar refractivity (Wildman–Crippen MR) is 67.1 cm³/mol. The van der Waals surface area contributed by atoms with Gasteiger partial charge < -0.3 is 14.7 Å². The average molecular weight is 297 g/mol. The predicted octanol–water partition coefficient (Wildman–Crippen LogP) is 2.80. The minimum Gasteiger partial charge on any atom is -0.444 e. The van der Waals surface area contributed by atoms with Crippen LogP contribution in [0.3, 0.4) is 0 Å². The molecule has 1 aliphatic heterocycles. The number of amides is 1. The summed E-state index contributed by atoms with van der Waals surface area (Å²) < 4.78 is 42.8. The monoisotopic (exact) mass is 297 g/mol. The van der Waals surface area contributed by atoms with Crippen LogP contribution in [0, 0.1) is 11.8 Å². The van der Waals surface area contributed by atoms with Crippen molar-refractivity contribution in [1.29, 1.82) is 0 Å². The second-order valence-electron chi connectivity index (χ2n) is 6.34. The smallest absolute Gasteiger partial charge is 0.414 e. The number of nitrogens with zero attached hydrogens (tertiary/aromatic N) is 1. The van der Waals surface area contributed by atoms with E-state index in [1.54, 1.807) is 27.7 Å². The largest absolute Gasteiger partial charge is 0.444 e. The van der Waals surface area contributed by atoms with E-state index in [1.807, 2.05) is 0 Å². The van der Waals surface area contributed by atoms with Crippen LogP contribution in [0.15, 0.2) is 0 Å². The van der Waals surface area contributed by atoms with E-state index in [9.17, 15) is 23.1 Å². The van der Waals surface area contributed by atoms with Crippen LogP contribution in [0.4, 0.5) is 18.0 Å². The van der Waals surface area contributed by atoms with Gasteiger partial charge in [-0.2, -0.15) is 13.2 Å². The van der Waals surface area contributed by atoms with Crippen molar-refractivity contribution in [3.05, 3.63) is 0 Å². The number of rotatable bonds is 1. The molecule has 20 heavy (non-hydrogen) atoms. The lowest BCUT2D eigenvalue weighted by molar-refractivity contribution is -0.227. The Balaban J connectivity index is 2.62. The molecule has 0 radical (unpaired) electrons. The van der Waals surface area contributed by atoms with Crippen LogP contribution < -0.4 is 0 Å². The van der Waals surface area contributed by atoms with Gasteiger partial charge in [-0.3, -0.25) is 0 Å². The summed E-state index contributed by atoms with van der Waals surface area (Å²) in [7, 11) is 0. The summed E-state index contributed by atoms with van der Waals surface area (Å²) in [4.78, 5) is 13.3. The zero-order chi connectivity index (χ0) is 15.7. The number of carbonyl (C=O) groups is 1. The maximum Gasteiger partial charge on any atom is 0.414 e. The van der Waals surface area contributed by atoms with E-state index in [0.29, 0.717) is 0 Å². The zero-order valence-electron chi connectivity index (χ0n) is 12.2. The van der Waals surface area contributed by atoms with Gasteiger partial charge in [0.1, 0.15) is 5.60 Å². The molecule has 4 nitrogen and oxygen atoms in total. The summed E-state index contributed by atoms with van der Waals surface area (Å²) in [6.45, 7) is 7.12. The van der Waals surface area contributed by atoms with Gasteiger partial charge in [0.2, 0.25) is 0 Å². The molecule has 0 aromatic heterocycles. The lowest BCUT2D eigenvalue weighted by Gasteiger charge is -2.39. The van der Waals surface area contributed by atoms with E-state index in [1.165, 1.54) is 4.90 Å². The standard InChI is InChI=1S/C13H22F3NO3/c1-8-7-17(11(19)20-12(2,3)4)6-5-9(8)10(18)13(14,15)16/h8-10,18H,5-7H2,1-4H3. The number of hydrogen-bond acceptors (Lipinski definition) is 3. The summed E-state index contributed by atoms with van der Waals surface area (Å²) in [5.74, 6) is -1.32. The quantitative estimate of drug-likeness (QED) is 0.809. The summed E-state index contributed by atoms with van der Waals surface area (Å²) in [6, 6.07) is 0. The molecule has 1 aliphatic rings. The topological polar surface area (TPSA) is 49.8 Å². The highest BCUT2D eigenvalue weighted by molar-refractivity contribution is 5.68. The van der Waals surface area contributed by atoms with Crippen molar-refractivity contribution in [1.82, 2.24) is 4.90 Å². The molecule has 0 aromatic rings. The SMILES string of the molecule is CC1CN(C(=O)OC(C)(C)C)CCC1C(O)C(F)(F)F. The first kappa shape index (κ1) is 17.1. The molecule has 1 amide bonds. The van der Waals surface area contributed by atoms with Gasteiger partial charge in [-0.15, -0.1) is 0 Å². The minimum absolute atomic E-state index is 0.112. The summed E-state index contributed by atoms with van der Waals surface area (Å²) in [6.07, 6.45) is -7.36. The molecular weight excluding hydrogens is 275 g/mol. The maximum atomic E-state index is 12.5. The van der Waals surface area contributed by atoms with Crippen LogP contribution in [-0.2, 0) is 4.74 Å². The number of aliphatic hydroxyl groups excluding tert-OH is 1. The Bertz CT molecular complexity index is 352. The van der Waals surface area contributed by atoms with Crippen LogP contribution in [-0.4, -0.2) is 47.1 Å². The van der Waals surface area contributed by atoms with Crippen LogP contribution in [0.5, 0.6) is 0 Å². The number of piperidine rings is 1. The molecule has 1 fully saturated rings. The van der Waals surface area contributed by atoms with E-state index in [2.05, 4.69) is 0 Å². The molecule has 0 bridgehead atoms. The van der Waals surface area contributed by atoms with Crippen LogP contribution in [0.1, 0.15) is 34.1 Å². The number of ether oxygens (including phenoxy) is 1. The fraction of sp³-hybridized carbons (Fsp3) is 0.923. The van der Waals surface area contributed by atoms with Gasteiger partial charge in [-0.1, -0.05) is 6.92 Å². The molecule has 0 aromatic carbocycles. The molecule has 3 atom stereocenters. The van der Waals surface area contributed by atoms with E-state index in [-0.39, 0.29) is 19.5 Å². The Morgan fingerprint density at radius 2 is 1.90 bits per heavy atom. The van der Waals surface area contributed by atoms with Crippen molar-refractivity contribution in [2.75, 3.05) is 13.1 Å². The maximum absolute atomic E-state index is 12.5. The number of aliphatic hydroxyl groups is 1. The van der Waals surface area contributed by atoms with Gasteiger partial charge in [0.15, 0.2) is 6.10 Å². The Kier molecular flexibility index (Phi) is 4.94. The molecule has 1 saturated heterocycles. The molecule has 118 valence electrons. The van der Waals surface area contributed by atoms with E-state index in [0.717, 1.165) is 0 Å². The molecule has 1 N–H and O–H groups in total. The van der Waals surface area contributed by atoms with Gasteiger partial charge >= 0.3 is 12.3 Å². The van der Waals surface area contributed by atoms with Gasteiger partial charge in [-0.05, 0) is 39.0 Å². The normalized spacial score (nSPS) is 26.3. The Hall–Kier alpha value is -0.980. The lowest BCUT2D eigenvalue weighted by atomic mass is 9.82. The molecule has 3 unspecified atom stereocenters. The van der Waals surface area contributed by atoms with Gasteiger partial charge in [0.25, 0.3) is 0 Å². The van der Waals surface area contributed by atoms with Crippen LogP contribution >= 0.6 is 0 Å². The van der Waals surface area contributed by atoms with Crippen molar-refractivity contribution < 1.29 is 27.8 Å². The molecule has 1 heterocycles. The second kappa shape index (κ2) is 5.79. The van der Waals surface area contributed by atoms with Crippen LogP contribution in [0.2, 0.25) is 0 Å². The van der Waals surface area contributed by atoms with Crippen molar-refractivity contribution in [2.45, 2.75) is 52.0 Å². The highest BCUT2D eigenvalue weighted by atomic mass is 19.4. The summed E-state index contributed by atoms with van der Waals surface area (Å²) >= 11 is 0. The van der Waals surface area contributed by atoms with Crippen molar-refractivity contribution >= 4 is 6.09 Å². The molecule has 0 aliphatic carbocycles. The number of likely N-dealkylation sites (tertiary alicyclic amines) is 1. The molecule has 1 rings (SSSR count). The first-order valence-electron chi connectivity index (χ1n) is 6.64. The van der Waals surface area contributed by atoms with E-state index in [4.69, 9.17) is 4.74 Å². The molecule has 0 spiro atoms. The Morgan fingerprint density at radius 1 is 1.35 bits per heavy atom. The fourth-order valence-electron chi connectivity index (χ4n) is 2.37. The third kappa shape index (κ3) is 4.54. The number of hydrogen-bond donors (Lipinski definition) is 1. The Morgan fingerprint density at radius 3 is 2.30 bits per heavy atom. The first-order chi connectivity index (χ1) is 8.92. The lowest BCUT2D eigenvalue weighted by Crippen LogP contribution is -2.50. The third-order valence-electron chi connectivity index (χ3n) is 3.36. The van der Waals surface area contributed by atoms with Gasteiger partial charge in [0, 0.05) is 13.1 Å². The summed E-state index contributed by atoms with van der Waals surface area (Å²) in [5, 5.41) is 9.33. The fourth-order valence-corrected chi connectivity index (χ4v) is 2.37. The third-order valence-corrected chi connectivity index (χ3v) is 3.36. The molecular formula is C13H22F3NO3. The molecule has 7 heteroatoms. The van der Waals surface area contributed by atoms with Gasteiger partial charge in [-0.25, -0.2) is 4.79 Å². The van der Waals surface area contributed by atoms with Gasteiger partial charge in [0.05, 0.1) is 0 Å². The van der Waals surface area contributed by atoms with Crippen LogP contribution in [0.25, 0.3) is 0 Å². The van der Waals surface area contributed by atoms with Crippen molar-refractivity contribution in [2.24, 2.45) is 11.8 Å². The highest BCUT2D eigenvalue weighted by Gasteiger charge is 2.47.